The smallest absolute Gasteiger partial charge is 0.243 e. The number of halogens is 1. The molecule has 2 amide bonds. The summed E-state index contributed by atoms with van der Waals surface area (Å²) in [7, 11) is 0. The molecule has 6 heteroatoms. The van der Waals surface area contributed by atoms with Crippen molar-refractivity contribution >= 4 is 23.4 Å². The van der Waals surface area contributed by atoms with Crippen LogP contribution in [0.3, 0.4) is 0 Å². The van der Waals surface area contributed by atoms with Crippen LogP contribution in [0.1, 0.15) is 23.6 Å². The quantitative estimate of drug-likeness (QED) is 0.597. The van der Waals surface area contributed by atoms with E-state index in [1.807, 2.05) is 54.6 Å². The van der Waals surface area contributed by atoms with E-state index in [-0.39, 0.29) is 11.8 Å². The van der Waals surface area contributed by atoms with Gasteiger partial charge in [0.2, 0.25) is 11.8 Å². The first-order chi connectivity index (χ1) is 14.5. The average molecular weight is 422 g/mol. The Balaban J connectivity index is 1.82. The molecule has 0 saturated carbocycles. The fourth-order valence-corrected chi connectivity index (χ4v) is 3.34. The fourth-order valence-electron chi connectivity index (χ4n) is 3.22. The Morgan fingerprint density at radius 2 is 1.67 bits per heavy atom. The van der Waals surface area contributed by atoms with Gasteiger partial charge in [-0.05, 0) is 34.9 Å². The molecule has 0 aliphatic rings. The van der Waals surface area contributed by atoms with Gasteiger partial charge in [0, 0.05) is 43.9 Å². The van der Waals surface area contributed by atoms with Crippen LogP contribution in [-0.4, -0.2) is 27.7 Å². The average Bonchev–Trinajstić information content (AvgIpc) is 2.77. The molecule has 2 aromatic carbocycles. The van der Waals surface area contributed by atoms with Crippen molar-refractivity contribution in [3.8, 4) is 0 Å². The summed E-state index contributed by atoms with van der Waals surface area (Å²) < 4.78 is 0. The number of aromatic nitrogens is 1. The number of amides is 2. The number of hydrogen-bond acceptors (Lipinski definition) is 3. The first kappa shape index (κ1) is 21.5. The molecular formula is C24H24ClN3O2. The maximum atomic E-state index is 13.2. The maximum Gasteiger partial charge on any atom is 0.243 e. The van der Waals surface area contributed by atoms with Crippen LogP contribution >= 0.6 is 11.6 Å². The van der Waals surface area contributed by atoms with E-state index in [0.29, 0.717) is 24.5 Å². The predicted octanol–water partition coefficient (Wildman–Crippen LogP) is 4.01. The van der Waals surface area contributed by atoms with Gasteiger partial charge in [0.25, 0.3) is 0 Å². The minimum absolute atomic E-state index is 0.164. The molecule has 1 aromatic heterocycles. The number of carbonyl (C=O) groups excluding carboxylic acids is 2. The summed E-state index contributed by atoms with van der Waals surface area (Å²) in [4.78, 5) is 31.4. The number of carbonyl (C=O) groups is 2. The molecule has 3 rings (SSSR count). The normalized spacial score (nSPS) is 11.5. The van der Waals surface area contributed by atoms with E-state index in [1.165, 1.54) is 6.92 Å². The van der Waals surface area contributed by atoms with Crippen LogP contribution in [0.25, 0.3) is 0 Å². The zero-order valence-corrected chi connectivity index (χ0v) is 17.5. The highest BCUT2D eigenvalue weighted by molar-refractivity contribution is 6.30. The highest BCUT2D eigenvalue weighted by Crippen LogP contribution is 2.16. The molecule has 0 radical (unpaired) electrons. The molecule has 1 heterocycles. The van der Waals surface area contributed by atoms with Crippen molar-refractivity contribution in [2.24, 2.45) is 0 Å². The highest BCUT2D eigenvalue weighted by Gasteiger charge is 2.28. The summed E-state index contributed by atoms with van der Waals surface area (Å²) in [5.41, 5.74) is 2.80. The van der Waals surface area contributed by atoms with Crippen molar-refractivity contribution in [2.45, 2.75) is 32.5 Å². The molecule has 0 saturated heterocycles. The summed E-state index contributed by atoms with van der Waals surface area (Å²) in [6, 6.07) is 20.1. The number of hydrogen-bond donors (Lipinski definition) is 1. The third kappa shape index (κ3) is 6.16. The molecule has 3 aromatic rings. The lowest BCUT2D eigenvalue weighted by molar-refractivity contribution is -0.139. The van der Waals surface area contributed by atoms with Crippen LogP contribution in [0, 0.1) is 0 Å². The van der Waals surface area contributed by atoms with Crippen LogP contribution < -0.4 is 5.32 Å². The third-order valence-electron chi connectivity index (χ3n) is 4.81. The molecule has 5 nitrogen and oxygen atoms in total. The first-order valence-electron chi connectivity index (χ1n) is 9.75. The lowest BCUT2D eigenvalue weighted by atomic mass is 10.0. The van der Waals surface area contributed by atoms with Gasteiger partial charge in [0.05, 0.1) is 0 Å². The van der Waals surface area contributed by atoms with Gasteiger partial charge in [-0.3, -0.25) is 14.6 Å². The molecule has 0 aliphatic heterocycles. The number of nitrogens with one attached hydrogen (secondary N) is 1. The Morgan fingerprint density at radius 1 is 0.967 bits per heavy atom. The third-order valence-corrected chi connectivity index (χ3v) is 5.06. The molecule has 0 aliphatic carbocycles. The van der Waals surface area contributed by atoms with E-state index >= 15 is 0 Å². The zero-order valence-electron chi connectivity index (χ0n) is 16.8. The Kier molecular flexibility index (Phi) is 7.57. The van der Waals surface area contributed by atoms with Crippen molar-refractivity contribution in [3.63, 3.8) is 0 Å². The van der Waals surface area contributed by atoms with E-state index in [4.69, 9.17) is 11.6 Å². The summed E-state index contributed by atoms with van der Waals surface area (Å²) in [6.45, 7) is 2.16. The van der Waals surface area contributed by atoms with Crippen molar-refractivity contribution in [2.75, 3.05) is 0 Å². The number of nitrogens with zero attached hydrogens (tertiary/aromatic N) is 2. The standard InChI is InChI=1S/C24H24ClN3O2/c1-18(29)28(17-20-9-11-22(25)12-10-20)23(14-19-6-3-2-4-7-19)24(30)27-16-21-8-5-13-26-15-21/h2-13,15,23H,14,16-17H2,1H3,(H,27,30)/t23-/m1/s1. The summed E-state index contributed by atoms with van der Waals surface area (Å²) in [5, 5.41) is 3.58. The molecule has 0 unspecified atom stereocenters. The van der Waals surface area contributed by atoms with E-state index in [1.54, 1.807) is 29.4 Å². The second-order valence-corrected chi connectivity index (χ2v) is 7.49. The van der Waals surface area contributed by atoms with Crippen molar-refractivity contribution in [1.82, 2.24) is 15.2 Å². The van der Waals surface area contributed by atoms with Crippen LogP contribution in [0.5, 0.6) is 0 Å². The molecule has 154 valence electrons. The van der Waals surface area contributed by atoms with Gasteiger partial charge < -0.3 is 10.2 Å². The number of rotatable bonds is 8. The topological polar surface area (TPSA) is 62.3 Å². The molecule has 30 heavy (non-hydrogen) atoms. The molecular weight excluding hydrogens is 398 g/mol. The predicted molar refractivity (Wildman–Crippen MR) is 118 cm³/mol. The second-order valence-electron chi connectivity index (χ2n) is 7.06. The molecule has 1 N–H and O–H groups in total. The van der Waals surface area contributed by atoms with Gasteiger partial charge in [0.15, 0.2) is 0 Å². The second kappa shape index (κ2) is 10.6. The van der Waals surface area contributed by atoms with E-state index in [0.717, 1.165) is 16.7 Å². The zero-order chi connectivity index (χ0) is 21.3. The minimum atomic E-state index is -0.641. The molecule has 0 spiro atoms. The lowest BCUT2D eigenvalue weighted by Gasteiger charge is -2.30. The van der Waals surface area contributed by atoms with Crippen LogP contribution in [0.15, 0.2) is 79.1 Å². The maximum absolute atomic E-state index is 13.2. The highest BCUT2D eigenvalue weighted by atomic mass is 35.5. The van der Waals surface area contributed by atoms with Crippen molar-refractivity contribution in [1.29, 1.82) is 0 Å². The Hall–Kier alpha value is -3.18. The minimum Gasteiger partial charge on any atom is -0.350 e. The van der Waals surface area contributed by atoms with Crippen LogP contribution in [-0.2, 0) is 29.1 Å². The molecule has 0 fully saturated rings. The van der Waals surface area contributed by atoms with E-state index < -0.39 is 6.04 Å². The Bertz CT molecular complexity index is 963. The Morgan fingerprint density at radius 3 is 2.30 bits per heavy atom. The SMILES string of the molecule is CC(=O)N(Cc1ccc(Cl)cc1)[C@H](Cc1ccccc1)C(=O)NCc1cccnc1. The van der Waals surface area contributed by atoms with E-state index in [2.05, 4.69) is 10.3 Å². The molecule has 1 atom stereocenters. The molecule has 0 bridgehead atoms. The largest absolute Gasteiger partial charge is 0.350 e. The van der Waals surface area contributed by atoms with Gasteiger partial charge in [-0.2, -0.15) is 0 Å². The van der Waals surface area contributed by atoms with Crippen LogP contribution in [0.2, 0.25) is 5.02 Å². The fraction of sp³-hybridized carbons (Fsp3) is 0.208. The number of benzene rings is 2. The number of pyridine rings is 1. The van der Waals surface area contributed by atoms with Crippen molar-refractivity contribution in [3.05, 3.63) is 101 Å². The van der Waals surface area contributed by atoms with Gasteiger partial charge >= 0.3 is 0 Å². The monoisotopic (exact) mass is 421 g/mol. The Labute approximate surface area is 181 Å². The van der Waals surface area contributed by atoms with E-state index in [9.17, 15) is 9.59 Å². The lowest BCUT2D eigenvalue weighted by Crippen LogP contribution is -2.49. The van der Waals surface area contributed by atoms with Gasteiger partial charge in [-0.15, -0.1) is 0 Å². The summed E-state index contributed by atoms with van der Waals surface area (Å²) in [5.74, 6) is -0.366. The van der Waals surface area contributed by atoms with Gasteiger partial charge in [0.1, 0.15) is 6.04 Å². The summed E-state index contributed by atoms with van der Waals surface area (Å²) in [6.07, 6.45) is 3.82. The van der Waals surface area contributed by atoms with Gasteiger partial charge in [-0.1, -0.05) is 60.1 Å². The summed E-state index contributed by atoms with van der Waals surface area (Å²) >= 11 is 5.98. The first-order valence-corrected chi connectivity index (χ1v) is 10.1. The van der Waals surface area contributed by atoms with Crippen molar-refractivity contribution < 1.29 is 9.59 Å². The van der Waals surface area contributed by atoms with Gasteiger partial charge in [-0.25, -0.2) is 0 Å². The van der Waals surface area contributed by atoms with Crippen LogP contribution in [0.4, 0.5) is 0 Å².